The van der Waals surface area contributed by atoms with E-state index >= 15 is 0 Å². The van der Waals surface area contributed by atoms with Crippen molar-refractivity contribution in [1.29, 1.82) is 0 Å². The summed E-state index contributed by atoms with van der Waals surface area (Å²) in [7, 11) is 0. The van der Waals surface area contributed by atoms with Crippen LogP contribution in [-0.4, -0.2) is 25.4 Å². The normalized spacial score (nSPS) is 12.8. The van der Waals surface area contributed by atoms with Crippen LogP contribution in [0.15, 0.2) is 132 Å². The van der Waals surface area contributed by atoms with Crippen LogP contribution in [0.5, 0.6) is 0 Å². The van der Waals surface area contributed by atoms with E-state index in [1.165, 1.54) is 71.9 Å². The lowest BCUT2D eigenvalue weighted by molar-refractivity contribution is 0.974. The average molecular weight is 648 g/mol. The molecule has 0 saturated heterocycles. The fraction of sp³-hybridized carbons (Fsp3) is 0.227. The van der Waals surface area contributed by atoms with Crippen molar-refractivity contribution in [2.45, 2.75) is 44.9 Å². The number of hydrogen-bond donors (Lipinski definition) is 1. The molecule has 0 saturated carbocycles. The van der Waals surface area contributed by atoms with Crippen molar-refractivity contribution in [2.24, 2.45) is 0 Å². The number of hydrogen-bond acceptors (Lipinski definition) is 4. The van der Waals surface area contributed by atoms with E-state index in [-0.39, 0.29) is 5.92 Å². The highest BCUT2D eigenvalue weighted by molar-refractivity contribution is 7.99. The molecule has 0 atom stereocenters. The van der Waals surface area contributed by atoms with E-state index in [0.29, 0.717) is 0 Å². The highest BCUT2D eigenvalue weighted by Crippen LogP contribution is 2.42. The highest BCUT2D eigenvalue weighted by atomic mass is 32.2. The molecule has 0 spiro atoms. The molecule has 242 valence electrons. The quantitative estimate of drug-likeness (QED) is 0.157. The van der Waals surface area contributed by atoms with Crippen LogP contribution in [-0.2, 0) is 0 Å². The summed E-state index contributed by atoms with van der Waals surface area (Å²) in [6.07, 6.45) is 1.16. The van der Waals surface area contributed by atoms with Crippen LogP contribution in [0.1, 0.15) is 54.0 Å². The summed E-state index contributed by atoms with van der Waals surface area (Å²) in [6.45, 7) is 11.6. The van der Waals surface area contributed by atoms with Gasteiger partial charge in [-0.2, -0.15) is 0 Å². The third-order valence-corrected chi connectivity index (χ3v) is 10.7. The van der Waals surface area contributed by atoms with E-state index in [9.17, 15) is 0 Å². The summed E-state index contributed by atoms with van der Waals surface area (Å²) >= 11 is 1.96. The molecule has 0 unspecified atom stereocenters. The monoisotopic (exact) mass is 647 g/mol. The third kappa shape index (κ3) is 6.55. The number of fused-ring (bicyclic) bond motifs is 1. The Morgan fingerprint density at radius 1 is 0.604 bits per heavy atom. The molecule has 1 aliphatic rings. The summed E-state index contributed by atoms with van der Waals surface area (Å²) in [5.74, 6) is 1.21. The van der Waals surface area contributed by atoms with Crippen molar-refractivity contribution in [3.63, 3.8) is 0 Å². The Labute approximate surface area is 290 Å². The van der Waals surface area contributed by atoms with Gasteiger partial charge in [0, 0.05) is 64.3 Å². The number of thioether (sulfide) groups is 1. The molecule has 7 rings (SSSR count). The molecule has 4 heteroatoms. The molecule has 6 aromatic rings. The summed E-state index contributed by atoms with van der Waals surface area (Å²) in [5.41, 5.74) is 12.6. The average Bonchev–Trinajstić information content (AvgIpc) is 3.19. The van der Waals surface area contributed by atoms with Crippen LogP contribution >= 0.6 is 11.8 Å². The van der Waals surface area contributed by atoms with Crippen LogP contribution in [0.25, 0.3) is 10.8 Å². The van der Waals surface area contributed by atoms with Crippen LogP contribution in [0.2, 0.25) is 0 Å². The van der Waals surface area contributed by atoms with E-state index in [0.717, 1.165) is 31.8 Å². The zero-order chi connectivity index (χ0) is 33.0. The molecule has 0 radical (unpaired) electrons. The molecule has 1 heterocycles. The fourth-order valence-corrected chi connectivity index (χ4v) is 8.09. The Hall–Kier alpha value is -4.67. The number of anilines is 5. The Balaban J connectivity index is 1.33. The second-order valence-corrected chi connectivity index (χ2v) is 14.0. The standard InChI is InChI=1S/C44H45N3S/c1-5-46(37-12-7-10-31(3)28-37)35-18-14-33(15-19-35)44(34-16-20-36(21-17-34)47(6-2)38-13-8-11-32(4)29-38)41-24-25-43-42-30-39(22-23-40(41)42)48-27-9-26-45-43/h7-8,10-25,28-30,44-45H,5-6,9,26-27H2,1-4H3. The lowest BCUT2D eigenvalue weighted by Gasteiger charge is -2.27. The summed E-state index contributed by atoms with van der Waals surface area (Å²) in [6, 6.07) is 47.9. The first kappa shape index (κ1) is 31.9. The Morgan fingerprint density at radius 2 is 1.19 bits per heavy atom. The number of benzene rings is 6. The van der Waals surface area contributed by atoms with Gasteiger partial charge < -0.3 is 15.1 Å². The molecular weight excluding hydrogens is 603 g/mol. The van der Waals surface area contributed by atoms with Gasteiger partial charge in [-0.3, -0.25) is 0 Å². The first-order chi connectivity index (χ1) is 23.5. The lowest BCUT2D eigenvalue weighted by Crippen LogP contribution is -2.16. The van der Waals surface area contributed by atoms with Gasteiger partial charge in [-0.15, -0.1) is 11.8 Å². The van der Waals surface area contributed by atoms with Gasteiger partial charge in [0.2, 0.25) is 0 Å². The second kappa shape index (κ2) is 14.2. The van der Waals surface area contributed by atoms with Gasteiger partial charge in [-0.25, -0.2) is 0 Å². The van der Waals surface area contributed by atoms with E-state index < -0.39 is 0 Å². The Kier molecular flexibility index (Phi) is 9.45. The Bertz CT molecular complexity index is 1920. The predicted octanol–water partition coefficient (Wildman–Crippen LogP) is 11.9. The Morgan fingerprint density at radius 3 is 1.73 bits per heavy atom. The molecule has 48 heavy (non-hydrogen) atoms. The molecule has 1 N–H and O–H groups in total. The first-order valence-electron chi connectivity index (χ1n) is 17.3. The topological polar surface area (TPSA) is 18.5 Å². The van der Waals surface area contributed by atoms with Crippen LogP contribution < -0.4 is 15.1 Å². The zero-order valence-corrected chi connectivity index (χ0v) is 29.4. The maximum absolute atomic E-state index is 3.73. The minimum absolute atomic E-state index is 0.0800. The predicted molar refractivity (Wildman–Crippen MR) is 209 cm³/mol. The van der Waals surface area contributed by atoms with Gasteiger partial charge in [-0.05, 0) is 140 Å². The zero-order valence-electron chi connectivity index (χ0n) is 28.5. The molecule has 0 amide bonds. The van der Waals surface area contributed by atoms with Gasteiger partial charge in [0.15, 0.2) is 0 Å². The molecule has 0 fully saturated rings. The SMILES string of the molecule is CCN(c1ccc(C(c2ccc(N(CC)c3cccc(C)c3)cc2)c2ccc3c4cc(ccc24)SCCCN3)cc1)c1cccc(C)c1. The highest BCUT2D eigenvalue weighted by Gasteiger charge is 2.22. The molecule has 3 nitrogen and oxygen atoms in total. The van der Waals surface area contributed by atoms with Crippen molar-refractivity contribution >= 4 is 51.0 Å². The minimum atomic E-state index is 0.0800. The number of nitrogens with zero attached hydrogens (tertiary/aromatic N) is 2. The van der Waals surface area contributed by atoms with Gasteiger partial charge in [0.1, 0.15) is 0 Å². The molecular formula is C44H45N3S. The van der Waals surface area contributed by atoms with Crippen molar-refractivity contribution < 1.29 is 0 Å². The van der Waals surface area contributed by atoms with Crippen molar-refractivity contribution in [2.75, 3.05) is 40.5 Å². The molecule has 0 aliphatic carbocycles. The maximum Gasteiger partial charge on any atom is 0.0420 e. The summed E-state index contributed by atoms with van der Waals surface area (Å²) in [5, 5.41) is 6.36. The van der Waals surface area contributed by atoms with Gasteiger partial charge in [0.05, 0.1) is 0 Å². The molecule has 6 aromatic carbocycles. The van der Waals surface area contributed by atoms with Gasteiger partial charge in [-0.1, -0.05) is 60.7 Å². The van der Waals surface area contributed by atoms with Crippen LogP contribution in [0.4, 0.5) is 28.4 Å². The van der Waals surface area contributed by atoms with Crippen molar-refractivity contribution in [1.82, 2.24) is 0 Å². The smallest absolute Gasteiger partial charge is 0.0420 e. The number of aryl methyl sites for hydroxylation is 2. The minimum Gasteiger partial charge on any atom is -0.385 e. The largest absolute Gasteiger partial charge is 0.385 e. The van der Waals surface area contributed by atoms with Crippen LogP contribution in [0, 0.1) is 13.8 Å². The molecule has 1 aliphatic heterocycles. The summed E-state index contributed by atoms with van der Waals surface area (Å²) < 4.78 is 0. The second-order valence-electron chi connectivity index (χ2n) is 12.8. The van der Waals surface area contributed by atoms with E-state index in [1.54, 1.807) is 0 Å². The number of rotatable bonds is 9. The molecule has 0 aromatic heterocycles. The van der Waals surface area contributed by atoms with Gasteiger partial charge >= 0.3 is 0 Å². The maximum atomic E-state index is 3.73. The fourth-order valence-electron chi connectivity index (χ4n) is 7.20. The van der Waals surface area contributed by atoms with E-state index in [4.69, 9.17) is 0 Å². The molecule has 2 bridgehead atoms. The number of nitrogens with one attached hydrogen (secondary N) is 1. The lowest BCUT2D eigenvalue weighted by atomic mass is 9.82. The van der Waals surface area contributed by atoms with E-state index in [2.05, 4.69) is 170 Å². The van der Waals surface area contributed by atoms with Crippen molar-refractivity contribution in [3.8, 4) is 0 Å². The first-order valence-corrected chi connectivity index (χ1v) is 18.3. The van der Waals surface area contributed by atoms with E-state index in [1.807, 2.05) is 11.8 Å². The van der Waals surface area contributed by atoms with Crippen LogP contribution in [0.3, 0.4) is 0 Å². The summed E-state index contributed by atoms with van der Waals surface area (Å²) in [4.78, 5) is 6.13. The van der Waals surface area contributed by atoms with Gasteiger partial charge in [0.25, 0.3) is 0 Å². The van der Waals surface area contributed by atoms with Crippen molar-refractivity contribution in [3.05, 3.63) is 155 Å². The third-order valence-electron chi connectivity index (χ3n) is 9.57.